The van der Waals surface area contributed by atoms with Crippen LogP contribution in [0.4, 0.5) is 5.69 Å². The second-order valence-electron chi connectivity index (χ2n) is 21.0. The van der Waals surface area contributed by atoms with Crippen molar-refractivity contribution >= 4 is 57.1 Å². The van der Waals surface area contributed by atoms with E-state index in [1.807, 2.05) is 127 Å². The Bertz CT molecular complexity index is 3640. The molecule has 2 heterocycles. The van der Waals surface area contributed by atoms with Gasteiger partial charge < -0.3 is 71.0 Å². The summed E-state index contributed by atoms with van der Waals surface area (Å²) in [6.45, 7) is 2.45. The Labute approximate surface area is 524 Å². The number of nitrogens with one attached hydrogen (secondary N) is 3. The van der Waals surface area contributed by atoms with Crippen LogP contribution in [0.3, 0.4) is 0 Å². The monoisotopic (exact) mass is 1270 g/mol. The number of carbonyl (C=O) groups is 6. The van der Waals surface area contributed by atoms with Gasteiger partial charge >= 0.3 is 0 Å². The topological polar surface area (TPSA) is 310 Å². The van der Waals surface area contributed by atoms with E-state index in [0.717, 1.165) is 59.6 Å². The predicted octanol–water partition coefficient (Wildman–Crippen LogP) is 3.37. The zero-order chi connectivity index (χ0) is 64.9. The molecule has 464 valence electrons. The molecule has 6 amide bonds. The molecule has 10 N–H and O–H groups in total. The fourth-order valence-electron chi connectivity index (χ4n) is 8.60. The van der Waals surface area contributed by atoms with E-state index >= 15 is 0 Å². The average molecular weight is 1280 g/mol. The number of hydrogen-bond acceptors (Lipinski definition) is 14. The highest BCUT2D eigenvalue weighted by Crippen LogP contribution is 2.25. The van der Waals surface area contributed by atoms with Gasteiger partial charge in [0, 0.05) is 87.3 Å². The van der Waals surface area contributed by atoms with E-state index in [2.05, 4.69) is 66.3 Å². The molecule has 1 aliphatic rings. The lowest BCUT2D eigenvalue weighted by Crippen LogP contribution is -2.56. The van der Waals surface area contributed by atoms with Crippen molar-refractivity contribution in [3.63, 3.8) is 0 Å². The Kier molecular flexibility index (Phi) is 25.6. The first-order valence-electron chi connectivity index (χ1n) is 28.0. The van der Waals surface area contributed by atoms with Crippen LogP contribution < -0.4 is 10.6 Å². The van der Waals surface area contributed by atoms with Crippen molar-refractivity contribution < 1.29 is 64.5 Å². The molecule has 1 aliphatic heterocycles. The van der Waals surface area contributed by atoms with Crippen molar-refractivity contribution in [2.75, 3.05) is 47.1 Å². The molecule has 1 aromatic heterocycles. The molecule has 22 heteroatoms. The smallest absolute Gasteiger partial charge is 0.254 e. The second-order valence-corrected chi connectivity index (χ2v) is 21.9. The summed E-state index contributed by atoms with van der Waals surface area (Å²) >= 11 is 3.39. The highest BCUT2D eigenvalue weighted by atomic mass is 79.9. The maximum atomic E-state index is 12.7. The van der Waals surface area contributed by atoms with E-state index in [1.54, 1.807) is 35.4 Å². The summed E-state index contributed by atoms with van der Waals surface area (Å²) in [5.41, 5.74) is 8.47. The van der Waals surface area contributed by atoms with E-state index < -0.39 is 84.2 Å². The van der Waals surface area contributed by atoms with Crippen LogP contribution in [0.5, 0.6) is 0 Å². The van der Waals surface area contributed by atoms with Gasteiger partial charge in [-0.15, -0.1) is 0 Å². The number of nitrogens with zero attached hydrogens (tertiary/aromatic N) is 5. The maximum absolute atomic E-state index is 12.7. The number of hydrogen-bond donors (Lipinski definition) is 10. The second kappa shape index (κ2) is 33.1. The molecule has 0 saturated carbocycles. The Balaban J connectivity index is 0.000000214. The Morgan fingerprint density at radius 1 is 0.573 bits per heavy atom. The zero-order valence-corrected chi connectivity index (χ0v) is 51.3. The van der Waals surface area contributed by atoms with Crippen LogP contribution in [0.25, 0.3) is 11.3 Å². The van der Waals surface area contributed by atoms with E-state index in [9.17, 15) is 64.5 Å². The van der Waals surface area contributed by atoms with Crippen molar-refractivity contribution in [2.45, 2.75) is 75.2 Å². The number of amides is 6. The number of carbonyl (C=O) groups excluding carboxylic acids is 6. The summed E-state index contributed by atoms with van der Waals surface area (Å²) < 4.78 is 0.958. The molecular weight excluding hydrogens is 1200 g/mol. The number of aromatic nitrogens is 2. The quantitative estimate of drug-likeness (QED) is 0.0621. The highest BCUT2D eigenvalue weighted by molar-refractivity contribution is 9.10. The van der Waals surface area contributed by atoms with Crippen LogP contribution in [0.1, 0.15) is 57.8 Å². The molecule has 0 radical (unpaired) electrons. The van der Waals surface area contributed by atoms with Gasteiger partial charge in [0.25, 0.3) is 29.5 Å². The van der Waals surface area contributed by atoms with Crippen molar-refractivity contribution in [2.24, 2.45) is 0 Å². The summed E-state index contributed by atoms with van der Waals surface area (Å²) in [6, 6.07) is 47.2. The van der Waals surface area contributed by atoms with Gasteiger partial charge in [-0.2, -0.15) is 0 Å². The third-order valence-electron chi connectivity index (χ3n) is 13.7. The molecule has 0 bridgehead atoms. The summed E-state index contributed by atoms with van der Waals surface area (Å²) in [7, 11) is 7.08. The Morgan fingerprint density at radius 2 is 1.04 bits per heavy atom. The van der Waals surface area contributed by atoms with Crippen LogP contribution >= 0.6 is 15.9 Å². The van der Waals surface area contributed by atoms with Gasteiger partial charge in [0.1, 0.15) is 18.0 Å². The van der Waals surface area contributed by atoms with Crippen LogP contribution in [0, 0.1) is 23.7 Å². The Morgan fingerprint density at radius 3 is 1.56 bits per heavy atom. The van der Waals surface area contributed by atoms with Crippen LogP contribution in [-0.4, -0.2) is 185 Å². The SMILES string of the molecule is CN(C)C(=O)[C@H](O)[C@@H](O)C(=O)N(C)Cc1ccc(C#Cc2ccccc2)cc1.C[C@H](O)[C@@H](NC(=O)[C@H](O)[C@@H](O)C(=O)N(C)C)C(=O)Nc1ccc(C#Cc2ccccc2)cc1.O=C([C@H](O)[C@@H](O)c1ncc(-c2ccc(Br)cc2)[nH]1)N1CCc2ccccc2C1. The zero-order valence-electron chi connectivity index (χ0n) is 49.7. The minimum absolute atomic E-state index is 0.163. The van der Waals surface area contributed by atoms with Crippen molar-refractivity contribution in [3.8, 4) is 34.9 Å². The summed E-state index contributed by atoms with van der Waals surface area (Å²) in [4.78, 5) is 85.3. The van der Waals surface area contributed by atoms with Crippen molar-refractivity contribution in [1.29, 1.82) is 0 Å². The van der Waals surface area contributed by atoms with Gasteiger partial charge in [0.2, 0.25) is 5.91 Å². The molecule has 0 saturated heterocycles. The first-order chi connectivity index (χ1) is 42.4. The van der Waals surface area contributed by atoms with Crippen molar-refractivity contribution in [3.05, 3.63) is 213 Å². The molecule has 0 aliphatic carbocycles. The Hall–Kier alpha value is -9.33. The summed E-state index contributed by atoms with van der Waals surface area (Å²) in [5, 5.41) is 75.1. The predicted molar refractivity (Wildman–Crippen MR) is 336 cm³/mol. The van der Waals surface area contributed by atoms with Gasteiger partial charge in [-0.3, -0.25) is 28.8 Å². The van der Waals surface area contributed by atoms with E-state index in [4.69, 9.17) is 0 Å². The number of anilines is 1. The van der Waals surface area contributed by atoms with E-state index in [-0.39, 0.29) is 12.4 Å². The lowest BCUT2D eigenvalue weighted by molar-refractivity contribution is -0.156. The normalized spacial score (nSPS) is 14.0. The number of H-pyrrole nitrogens is 1. The van der Waals surface area contributed by atoms with Crippen molar-refractivity contribution in [1.82, 2.24) is 34.9 Å². The summed E-state index contributed by atoms with van der Waals surface area (Å²) in [6.07, 6.45) is -9.73. The van der Waals surface area contributed by atoms with Gasteiger partial charge in [0.15, 0.2) is 30.5 Å². The molecule has 0 fully saturated rings. The molecule has 89 heavy (non-hydrogen) atoms. The maximum Gasteiger partial charge on any atom is 0.254 e. The number of halogens is 1. The molecule has 7 aromatic rings. The molecule has 0 unspecified atom stereocenters. The molecule has 8 rings (SSSR count). The third kappa shape index (κ3) is 20.1. The average Bonchev–Trinajstić information content (AvgIpc) is 3.07. The number of imidazole rings is 1. The molecule has 8 atom stereocenters. The number of aromatic amines is 1. The molecule has 0 spiro atoms. The number of aliphatic hydroxyl groups excluding tert-OH is 7. The lowest BCUT2D eigenvalue weighted by atomic mass is 9.99. The molecule has 6 aromatic carbocycles. The number of benzene rings is 6. The summed E-state index contributed by atoms with van der Waals surface area (Å²) in [5.74, 6) is 7.58. The minimum atomic E-state index is -2.11. The standard InChI is InChI=1S/C24H27N3O6.C22H24N2O4.C21H20BrN3O3/c1-15(28)19(26-23(32)20(29)21(30)24(33)27(2)3)22(31)25-18-13-11-17(12-14-18)10-9-16-7-5-4-6-8-16;1-23(2)21(27)19(25)20(26)22(28)24(3)15-18-13-11-17(12-14-18)10-9-16-7-5-4-6-8-16;22-16-7-5-14(6-8-16)17-11-23-20(24-17)18(26)19(27)21(28)25-10-9-13-3-1-2-4-15(13)12-25/h4-8,11-15,19-21,28-30H,1-3H3,(H,25,31)(H,26,32);4-8,11-14,19-20,25-26H,15H2,1-3H3;1-8,11,18-19,26-27H,9-10,12H2,(H,23,24)/t15-,19+,20+,21+;19-,20-;18-,19-/m011/s1. The van der Waals surface area contributed by atoms with Crippen LogP contribution in [-0.2, 0) is 48.3 Å². The minimum Gasteiger partial charge on any atom is -0.391 e. The van der Waals surface area contributed by atoms with Crippen LogP contribution in [0.2, 0.25) is 0 Å². The third-order valence-corrected chi connectivity index (χ3v) is 14.3. The van der Waals surface area contributed by atoms with Gasteiger partial charge in [-0.05, 0) is 108 Å². The number of likely N-dealkylation sites (N-methyl/N-ethyl adjacent to an activating group) is 3. The molecule has 21 nitrogen and oxygen atoms in total. The van der Waals surface area contributed by atoms with Crippen LogP contribution in [0.15, 0.2) is 168 Å². The fourth-order valence-corrected chi connectivity index (χ4v) is 8.86. The van der Waals surface area contributed by atoms with E-state index in [0.29, 0.717) is 24.5 Å². The fraction of sp³-hybridized carbons (Fsp3) is 0.269. The first kappa shape index (κ1) is 68.8. The molecular formula is C67H71BrN8O13. The van der Waals surface area contributed by atoms with Gasteiger partial charge in [-0.25, -0.2) is 4.98 Å². The van der Waals surface area contributed by atoms with E-state index in [1.165, 1.54) is 52.6 Å². The van der Waals surface area contributed by atoms with Gasteiger partial charge in [-0.1, -0.05) is 125 Å². The largest absolute Gasteiger partial charge is 0.391 e. The number of aliphatic hydroxyl groups is 7. The first-order valence-corrected chi connectivity index (χ1v) is 28.8. The highest BCUT2D eigenvalue weighted by Gasteiger charge is 2.37. The van der Waals surface area contributed by atoms with Gasteiger partial charge in [0.05, 0.1) is 18.0 Å². The number of rotatable bonds is 16. The number of fused-ring (bicyclic) bond motifs is 1. The lowest BCUT2D eigenvalue weighted by Gasteiger charge is -2.31.